The van der Waals surface area contributed by atoms with Gasteiger partial charge in [0.25, 0.3) is 0 Å². The smallest absolute Gasteiger partial charge is 0.209 e. The van der Waals surface area contributed by atoms with Gasteiger partial charge in [-0.25, -0.2) is 4.99 Å². The second-order valence-electron chi connectivity index (χ2n) is 7.22. The molecule has 2 aliphatic heterocycles. The van der Waals surface area contributed by atoms with Gasteiger partial charge in [0.2, 0.25) is 5.90 Å². The average Bonchev–Trinajstić information content (AvgIpc) is 2.98. The molecule has 0 N–H and O–H groups in total. The summed E-state index contributed by atoms with van der Waals surface area (Å²) in [7, 11) is 2.12. The van der Waals surface area contributed by atoms with E-state index in [1.807, 2.05) is 24.3 Å². The van der Waals surface area contributed by atoms with Crippen LogP contribution >= 0.6 is 11.6 Å². The summed E-state index contributed by atoms with van der Waals surface area (Å²) in [6, 6.07) is 3.89. The number of hydrogen-bond acceptors (Lipinski definition) is 4. The number of hydrogen-bond donors (Lipinski definition) is 0. The van der Waals surface area contributed by atoms with Crippen LogP contribution in [0.15, 0.2) is 27.6 Å². The highest BCUT2D eigenvalue weighted by atomic mass is 35.5. The molecule has 2 aliphatic rings. The van der Waals surface area contributed by atoms with Crippen LogP contribution in [0, 0.1) is 0 Å². The van der Waals surface area contributed by atoms with E-state index in [0.717, 1.165) is 35.9 Å². The standard InChI is InChI=1S/C19H21ClN2O2/c1-19(2)11-23-17(21-19)7-6-15-13-10-22(3)9-8-12-14(20)4-5-16(24-15)18(12)13/h4-7H,8-11H2,1-3H3/b7-6+. The minimum Gasteiger partial charge on any atom is -0.475 e. The topological polar surface area (TPSA) is 38.0 Å². The van der Waals surface area contributed by atoms with Gasteiger partial charge in [0.05, 0.1) is 5.54 Å². The van der Waals surface area contributed by atoms with Crippen LogP contribution in [0.5, 0.6) is 0 Å². The van der Waals surface area contributed by atoms with Gasteiger partial charge in [0.1, 0.15) is 18.0 Å². The lowest BCUT2D eigenvalue weighted by Gasteiger charge is -2.12. The van der Waals surface area contributed by atoms with Crippen molar-refractivity contribution in [3.63, 3.8) is 0 Å². The SMILES string of the molecule is CN1CCc2c(Cl)ccc3oc(/C=C/C4=NC(C)(C)CO4)c(c23)C1. The maximum absolute atomic E-state index is 6.43. The van der Waals surface area contributed by atoms with Crippen molar-refractivity contribution in [3.8, 4) is 0 Å². The summed E-state index contributed by atoms with van der Waals surface area (Å²) in [6.07, 6.45) is 4.80. The molecule has 0 unspecified atom stereocenters. The lowest BCUT2D eigenvalue weighted by atomic mass is 10.0. The van der Waals surface area contributed by atoms with E-state index in [2.05, 4.69) is 30.8 Å². The Hall–Kier alpha value is -1.78. The first-order valence-electron chi connectivity index (χ1n) is 8.25. The van der Waals surface area contributed by atoms with Crippen LogP contribution in [0.3, 0.4) is 0 Å². The molecule has 3 heterocycles. The highest BCUT2D eigenvalue weighted by Crippen LogP contribution is 2.36. The van der Waals surface area contributed by atoms with Crippen LogP contribution in [0.25, 0.3) is 17.0 Å². The fraction of sp³-hybridized carbons (Fsp3) is 0.421. The summed E-state index contributed by atoms with van der Waals surface area (Å²) in [6.45, 7) is 6.57. The molecule has 0 saturated heterocycles. The number of benzene rings is 1. The molecule has 0 fully saturated rings. The van der Waals surface area contributed by atoms with Gasteiger partial charge in [-0.1, -0.05) is 11.6 Å². The lowest BCUT2D eigenvalue weighted by molar-refractivity contribution is 0.280. The molecule has 0 atom stereocenters. The third-order valence-corrected chi connectivity index (χ3v) is 4.93. The summed E-state index contributed by atoms with van der Waals surface area (Å²) < 4.78 is 11.7. The molecule has 1 aromatic heterocycles. The maximum Gasteiger partial charge on any atom is 0.209 e. The van der Waals surface area contributed by atoms with Crippen LogP contribution in [-0.2, 0) is 17.7 Å². The van der Waals surface area contributed by atoms with Crippen molar-refractivity contribution in [2.24, 2.45) is 4.99 Å². The van der Waals surface area contributed by atoms with Gasteiger partial charge in [0, 0.05) is 35.1 Å². The van der Waals surface area contributed by atoms with Crippen molar-refractivity contribution in [2.75, 3.05) is 20.2 Å². The van der Waals surface area contributed by atoms with Crippen LogP contribution in [0.4, 0.5) is 0 Å². The molecular weight excluding hydrogens is 324 g/mol. The normalized spacial score (nSPS) is 20.4. The summed E-state index contributed by atoms with van der Waals surface area (Å²) in [5.41, 5.74) is 3.12. The minimum absolute atomic E-state index is 0.153. The van der Waals surface area contributed by atoms with Crippen LogP contribution in [0.2, 0.25) is 5.02 Å². The molecule has 126 valence electrons. The Labute approximate surface area is 146 Å². The van der Waals surface area contributed by atoms with Gasteiger partial charge < -0.3 is 14.1 Å². The molecular formula is C19H21ClN2O2. The highest BCUT2D eigenvalue weighted by Gasteiger charge is 2.25. The van der Waals surface area contributed by atoms with Gasteiger partial charge in [-0.15, -0.1) is 0 Å². The number of ether oxygens (including phenoxy) is 1. The first kappa shape index (κ1) is 15.7. The van der Waals surface area contributed by atoms with Crippen molar-refractivity contribution in [1.82, 2.24) is 4.90 Å². The Bertz CT molecular complexity index is 864. The van der Waals surface area contributed by atoms with Crippen molar-refractivity contribution in [3.05, 3.63) is 40.1 Å². The van der Waals surface area contributed by atoms with Crippen LogP contribution < -0.4 is 0 Å². The van der Waals surface area contributed by atoms with E-state index < -0.39 is 0 Å². The van der Waals surface area contributed by atoms with Gasteiger partial charge >= 0.3 is 0 Å². The van der Waals surface area contributed by atoms with E-state index in [1.165, 1.54) is 16.5 Å². The van der Waals surface area contributed by atoms with E-state index in [-0.39, 0.29) is 5.54 Å². The zero-order valence-electron chi connectivity index (χ0n) is 14.2. The van der Waals surface area contributed by atoms with E-state index in [9.17, 15) is 0 Å². The Morgan fingerprint density at radius 2 is 2.08 bits per heavy atom. The molecule has 0 radical (unpaired) electrons. The Morgan fingerprint density at radius 3 is 2.83 bits per heavy atom. The van der Waals surface area contributed by atoms with Gasteiger partial charge in [-0.3, -0.25) is 0 Å². The molecule has 0 aliphatic carbocycles. The molecule has 2 aromatic rings. The van der Waals surface area contributed by atoms with Crippen molar-refractivity contribution < 1.29 is 9.15 Å². The van der Waals surface area contributed by atoms with Gasteiger partial charge in [0.15, 0.2) is 0 Å². The van der Waals surface area contributed by atoms with E-state index in [1.54, 1.807) is 0 Å². The monoisotopic (exact) mass is 344 g/mol. The van der Waals surface area contributed by atoms with E-state index in [4.69, 9.17) is 20.8 Å². The Balaban J connectivity index is 1.79. The molecule has 4 nitrogen and oxygen atoms in total. The molecule has 4 rings (SSSR count). The third-order valence-electron chi connectivity index (χ3n) is 4.57. The summed E-state index contributed by atoms with van der Waals surface area (Å²) >= 11 is 6.43. The number of likely N-dealkylation sites (N-methyl/N-ethyl adjacent to an activating group) is 1. The quantitative estimate of drug-likeness (QED) is 0.815. The maximum atomic E-state index is 6.43. The average molecular weight is 345 g/mol. The Kier molecular flexibility index (Phi) is 3.70. The molecule has 0 bridgehead atoms. The van der Waals surface area contributed by atoms with Gasteiger partial charge in [-0.05, 0) is 51.1 Å². The first-order valence-corrected chi connectivity index (χ1v) is 8.63. The molecule has 1 aromatic carbocycles. The van der Waals surface area contributed by atoms with Crippen LogP contribution in [0.1, 0.15) is 30.7 Å². The second-order valence-corrected chi connectivity index (χ2v) is 7.62. The third kappa shape index (κ3) is 2.74. The zero-order chi connectivity index (χ0) is 16.9. The largest absolute Gasteiger partial charge is 0.475 e. The summed E-state index contributed by atoms with van der Waals surface area (Å²) in [5.74, 6) is 1.52. The van der Waals surface area contributed by atoms with Gasteiger partial charge in [-0.2, -0.15) is 0 Å². The van der Waals surface area contributed by atoms with Crippen molar-refractivity contribution in [2.45, 2.75) is 32.4 Å². The number of furan rings is 1. The van der Waals surface area contributed by atoms with Crippen molar-refractivity contribution in [1.29, 1.82) is 0 Å². The molecule has 0 saturated carbocycles. The number of nitrogens with zero attached hydrogens (tertiary/aromatic N) is 2. The van der Waals surface area contributed by atoms with Crippen LogP contribution in [-0.4, -0.2) is 36.5 Å². The number of aliphatic imine (C=N–C) groups is 1. The van der Waals surface area contributed by atoms with E-state index >= 15 is 0 Å². The minimum atomic E-state index is -0.153. The summed E-state index contributed by atoms with van der Waals surface area (Å²) in [4.78, 5) is 6.85. The van der Waals surface area contributed by atoms with Crippen molar-refractivity contribution >= 4 is 34.5 Å². The summed E-state index contributed by atoms with van der Waals surface area (Å²) in [5, 5.41) is 1.99. The predicted octanol–water partition coefficient (Wildman–Crippen LogP) is 4.29. The Morgan fingerprint density at radius 1 is 1.25 bits per heavy atom. The predicted molar refractivity (Wildman–Crippen MR) is 97.8 cm³/mol. The fourth-order valence-corrected chi connectivity index (χ4v) is 3.61. The molecule has 0 spiro atoms. The fourth-order valence-electron chi connectivity index (χ4n) is 3.35. The van der Waals surface area contributed by atoms with E-state index in [0.29, 0.717) is 12.5 Å². The zero-order valence-corrected chi connectivity index (χ0v) is 15.0. The molecule has 24 heavy (non-hydrogen) atoms. The molecule has 5 heteroatoms. The number of rotatable bonds is 2. The molecule has 0 amide bonds. The lowest BCUT2D eigenvalue weighted by Crippen LogP contribution is -2.18. The number of halogens is 1. The second kappa shape index (κ2) is 5.64. The highest BCUT2D eigenvalue weighted by molar-refractivity contribution is 6.32. The first-order chi connectivity index (χ1) is 11.4.